The van der Waals surface area contributed by atoms with Crippen molar-refractivity contribution in [1.29, 1.82) is 0 Å². The highest BCUT2D eigenvalue weighted by molar-refractivity contribution is 7.92. The molecule has 0 atom stereocenters. The molecule has 0 saturated carbocycles. The van der Waals surface area contributed by atoms with Gasteiger partial charge in [0.25, 0.3) is 10.0 Å². The van der Waals surface area contributed by atoms with Gasteiger partial charge in [0.1, 0.15) is 6.10 Å². The van der Waals surface area contributed by atoms with E-state index in [-0.39, 0.29) is 6.10 Å². The lowest BCUT2D eigenvalue weighted by Crippen LogP contribution is -2.34. The first-order chi connectivity index (χ1) is 14.0. The number of nitrogens with one attached hydrogen (secondary N) is 2. The van der Waals surface area contributed by atoms with E-state index in [2.05, 4.69) is 10.0 Å². The molecule has 1 aromatic heterocycles. The number of rotatable bonds is 6. The van der Waals surface area contributed by atoms with Gasteiger partial charge in [-0.05, 0) is 68.6 Å². The lowest BCUT2D eigenvalue weighted by atomic mass is 10.1. The molecule has 2 N–H and O–H groups in total. The standard InChI is InChI=1S/C22H26N2O4S/c1-3-16-5-4-15(2)12-21(16)29(25,26)24-18-13-17-8-11-27-22(17)20(14-18)28-19-6-9-23-10-7-19/h4-5,8,11-14,19,23-24H,3,6-7,9-10H2,1-2H3. The average Bonchev–Trinajstić information content (AvgIpc) is 3.17. The zero-order valence-electron chi connectivity index (χ0n) is 16.7. The van der Waals surface area contributed by atoms with Crippen LogP contribution in [0.1, 0.15) is 30.9 Å². The summed E-state index contributed by atoms with van der Waals surface area (Å²) in [6, 6.07) is 10.8. The van der Waals surface area contributed by atoms with Crippen molar-refractivity contribution >= 4 is 26.7 Å². The second kappa shape index (κ2) is 8.08. The van der Waals surface area contributed by atoms with E-state index in [1.807, 2.05) is 32.0 Å². The van der Waals surface area contributed by atoms with Crippen molar-refractivity contribution < 1.29 is 17.6 Å². The van der Waals surface area contributed by atoms with E-state index in [9.17, 15) is 8.42 Å². The van der Waals surface area contributed by atoms with Crippen LogP contribution in [0.3, 0.4) is 0 Å². The van der Waals surface area contributed by atoms with Crippen molar-refractivity contribution in [2.75, 3.05) is 17.8 Å². The number of ether oxygens (including phenoxy) is 1. The third kappa shape index (κ3) is 4.26. The summed E-state index contributed by atoms with van der Waals surface area (Å²) in [5, 5.41) is 4.11. The molecule has 29 heavy (non-hydrogen) atoms. The third-order valence-electron chi connectivity index (χ3n) is 5.24. The SMILES string of the molecule is CCc1ccc(C)cc1S(=O)(=O)Nc1cc(OC2CCNCC2)c2occc2c1. The Morgan fingerprint density at radius 2 is 1.97 bits per heavy atom. The summed E-state index contributed by atoms with van der Waals surface area (Å²) in [5.41, 5.74) is 2.80. The second-order valence-electron chi connectivity index (χ2n) is 7.45. The van der Waals surface area contributed by atoms with Crippen LogP contribution in [-0.2, 0) is 16.4 Å². The zero-order valence-corrected chi connectivity index (χ0v) is 17.5. The molecule has 1 saturated heterocycles. The van der Waals surface area contributed by atoms with E-state index in [0.717, 1.165) is 42.4 Å². The number of piperidine rings is 1. The number of furan rings is 1. The summed E-state index contributed by atoms with van der Waals surface area (Å²) in [4.78, 5) is 0.313. The van der Waals surface area contributed by atoms with Crippen LogP contribution in [-0.4, -0.2) is 27.6 Å². The maximum atomic E-state index is 13.1. The van der Waals surface area contributed by atoms with Crippen LogP contribution in [0.2, 0.25) is 0 Å². The van der Waals surface area contributed by atoms with Crippen molar-refractivity contribution in [2.45, 2.75) is 44.1 Å². The van der Waals surface area contributed by atoms with Crippen LogP contribution < -0.4 is 14.8 Å². The van der Waals surface area contributed by atoms with Gasteiger partial charge in [-0.2, -0.15) is 0 Å². The minimum absolute atomic E-state index is 0.0832. The molecule has 7 heteroatoms. The van der Waals surface area contributed by atoms with Gasteiger partial charge in [-0.3, -0.25) is 4.72 Å². The fourth-order valence-corrected chi connectivity index (χ4v) is 5.14. The van der Waals surface area contributed by atoms with Crippen LogP contribution in [0.5, 0.6) is 5.75 Å². The first-order valence-electron chi connectivity index (χ1n) is 9.97. The van der Waals surface area contributed by atoms with Crippen LogP contribution >= 0.6 is 0 Å². The summed E-state index contributed by atoms with van der Waals surface area (Å²) in [6.07, 6.45) is 4.12. The maximum absolute atomic E-state index is 13.1. The number of fused-ring (bicyclic) bond motifs is 1. The van der Waals surface area contributed by atoms with Crippen LogP contribution in [0, 0.1) is 6.92 Å². The molecule has 2 aromatic carbocycles. The Labute approximate surface area is 171 Å². The molecule has 0 unspecified atom stereocenters. The quantitative estimate of drug-likeness (QED) is 0.631. The van der Waals surface area contributed by atoms with Gasteiger partial charge in [0.15, 0.2) is 11.3 Å². The monoisotopic (exact) mass is 414 g/mol. The van der Waals surface area contributed by atoms with Gasteiger partial charge < -0.3 is 14.5 Å². The molecule has 1 fully saturated rings. The summed E-state index contributed by atoms with van der Waals surface area (Å²) in [5.74, 6) is 0.567. The molecule has 0 amide bonds. The van der Waals surface area contributed by atoms with E-state index < -0.39 is 10.0 Å². The van der Waals surface area contributed by atoms with E-state index >= 15 is 0 Å². The summed E-state index contributed by atoms with van der Waals surface area (Å²) in [7, 11) is -3.73. The molecule has 4 rings (SSSR count). The minimum atomic E-state index is -3.73. The topological polar surface area (TPSA) is 80.6 Å². The molecule has 2 heterocycles. The molecule has 3 aromatic rings. The van der Waals surface area contributed by atoms with E-state index in [1.165, 1.54) is 0 Å². The smallest absolute Gasteiger partial charge is 0.262 e. The molecule has 0 aliphatic carbocycles. The first-order valence-corrected chi connectivity index (χ1v) is 11.5. The van der Waals surface area contributed by atoms with Gasteiger partial charge in [0.2, 0.25) is 0 Å². The number of benzene rings is 2. The second-order valence-corrected chi connectivity index (χ2v) is 9.10. The summed E-state index contributed by atoms with van der Waals surface area (Å²) in [6.45, 7) is 5.66. The predicted molar refractivity (Wildman–Crippen MR) is 114 cm³/mol. The van der Waals surface area contributed by atoms with Gasteiger partial charge >= 0.3 is 0 Å². The number of hydrogen-bond donors (Lipinski definition) is 2. The Kier molecular flexibility index (Phi) is 5.52. The Morgan fingerprint density at radius 3 is 2.72 bits per heavy atom. The van der Waals surface area contributed by atoms with Gasteiger partial charge in [-0.25, -0.2) is 8.42 Å². The van der Waals surface area contributed by atoms with Gasteiger partial charge in [0, 0.05) is 11.5 Å². The maximum Gasteiger partial charge on any atom is 0.262 e. The number of sulfonamides is 1. The lowest BCUT2D eigenvalue weighted by molar-refractivity contribution is 0.163. The molecule has 0 spiro atoms. The highest BCUT2D eigenvalue weighted by Crippen LogP contribution is 2.34. The van der Waals surface area contributed by atoms with Crippen molar-refractivity contribution in [1.82, 2.24) is 5.32 Å². The molecular weight excluding hydrogens is 388 g/mol. The Balaban J connectivity index is 1.68. The van der Waals surface area contributed by atoms with Crippen LogP contribution in [0.4, 0.5) is 5.69 Å². The van der Waals surface area contributed by atoms with Gasteiger partial charge in [-0.15, -0.1) is 0 Å². The average molecular weight is 415 g/mol. The van der Waals surface area contributed by atoms with Crippen LogP contribution in [0.15, 0.2) is 52.0 Å². The Morgan fingerprint density at radius 1 is 1.17 bits per heavy atom. The minimum Gasteiger partial charge on any atom is -0.486 e. The predicted octanol–water partition coefficient (Wildman–Crippen LogP) is 4.24. The van der Waals surface area contributed by atoms with Crippen molar-refractivity contribution in [2.24, 2.45) is 0 Å². The zero-order chi connectivity index (χ0) is 20.4. The van der Waals surface area contributed by atoms with E-state index in [1.54, 1.807) is 24.5 Å². The molecule has 0 bridgehead atoms. The van der Waals surface area contributed by atoms with Crippen molar-refractivity contribution in [3.05, 3.63) is 53.8 Å². The highest BCUT2D eigenvalue weighted by Gasteiger charge is 2.21. The normalized spacial score (nSPS) is 15.5. The van der Waals surface area contributed by atoms with E-state index in [0.29, 0.717) is 28.3 Å². The summed E-state index contributed by atoms with van der Waals surface area (Å²) < 4.78 is 40.8. The van der Waals surface area contributed by atoms with Crippen LogP contribution in [0.25, 0.3) is 11.0 Å². The Bertz CT molecular complexity index is 1120. The lowest BCUT2D eigenvalue weighted by Gasteiger charge is -2.24. The third-order valence-corrected chi connectivity index (χ3v) is 6.71. The number of hydrogen-bond acceptors (Lipinski definition) is 5. The molecule has 154 valence electrons. The van der Waals surface area contributed by atoms with Crippen molar-refractivity contribution in [3.8, 4) is 5.75 Å². The first kappa shape index (κ1) is 19.8. The molecule has 1 aliphatic rings. The molecule has 0 radical (unpaired) electrons. The molecular formula is C22H26N2O4S. The highest BCUT2D eigenvalue weighted by atomic mass is 32.2. The largest absolute Gasteiger partial charge is 0.486 e. The number of aryl methyl sites for hydroxylation is 2. The van der Waals surface area contributed by atoms with E-state index in [4.69, 9.17) is 9.15 Å². The van der Waals surface area contributed by atoms with Crippen molar-refractivity contribution in [3.63, 3.8) is 0 Å². The molecule has 1 aliphatic heterocycles. The molecule has 6 nitrogen and oxygen atoms in total. The van der Waals surface area contributed by atoms with Gasteiger partial charge in [-0.1, -0.05) is 19.1 Å². The fourth-order valence-electron chi connectivity index (χ4n) is 3.70. The Hall–Kier alpha value is -2.51. The number of anilines is 1. The van der Waals surface area contributed by atoms with Gasteiger partial charge in [0.05, 0.1) is 16.8 Å². The fraction of sp³-hybridized carbons (Fsp3) is 0.364. The summed E-state index contributed by atoms with van der Waals surface area (Å²) >= 11 is 0.